The lowest BCUT2D eigenvalue weighted by molar-refractivity contribution is 0.136. The number of ether oxygens (including phenoxy) is 1. The predicted molar refractivity (Wildman–Crippen MR) is 101 cm³/mol. The summed E-state index contributed by atoms with van der Waals surface area (Å²) in [5, 5.41) is 9.73. The number of guanidine groups is 1. The Morgan fingerprint density at radius 1 is 1.33 bits per heavy atom. The lowest BCUT2D eigenvalue weighted by Crippen LogP contribution is -2.39. The molecular formula is C14H27IN4OS. The molecule has 1 rings (SSSR count). The van der Waals surface area contributed by atoms with Crippen molar-refractivity contribution in [2.24, 2.45) is 4.99 Å². The maximum absolute atomic E-state index is 5.49. The van der Waals surface area contributed by atoms with E-state index < -0.39 is 0 Å². The van der Waals surface area contributed by atoms with Gasteiger partial charge in [-0.2, -0.15) is 0 Å². The molecule has 0 saturated carbocycles. The van der Waals surface area contributed by atoms with Crippen molar-refractivity contribution in [2.45, 2.75) is 33.1 Å². The van der Waals surface area contributed by atoms with Crippen molar-refractivity contribution in [3.8, 4) is 0 Å². The van der Waals surface area contributed by atoms with Crippen molar-refractivity contribution in [3.63, 3.8) is 0 Å². The van der Waals surface area contributed by atoms with E-state index in [1.165, 1.54) is 6.42 Å². The third-order valence-electron chi connectivity index (χ3n) is 2.74. The van der Waals surface area contributed by atoms with Gasteiger partial charge in [-0.05, 0) is 13.3 Å². The van der Waals surface area contributed by atoms with Gasteiger partial charge in [0, 0.05) is 38.5 Å². The molecule has 0 aliphatic carbocycles. The molecule has 0 aromatic carbocycles. The van der Waals surface area contributed by atoms with Crippen molar-refractivity contribution in [1.82, 2.24) is 15.6 Å². The van der Waals surface area contributed by atoms with Crippen LogP contribution in [0.25, 0.3) is 0 Å². The molecule has 21 heavy (non-hydrogen) atoms. The number of unbranched alkanes of at least 4 members (excludes halogenated alkanes) is 1. The second kappa shape index (κ2) is 13.3. The summed E-state index contributed by atoms with van der Waals surface area (Å²) in [6.07, 6.45) is 3.21. The first kappa shape index (κ1) is 20.6. The van der Waals surface area contributed by atoms with Gasteiger partial charge in [-0.1, -0.05) is 13.3 Å². The van der Waals surface area contributed by atoms with E-state index in [9.17, 15) is 0 Å². The van der Waals surface area contributed by atoms with E-state index in [2.05, 4.69) is 32.9 Å². The minimum absolute atomic E-state index is 0. The van der Waals surface area contributed by atoms with Gasteiger partial charge in [0.05, 0.1) is 17.3 Å². The van der Waals surface area contributed by atoms with Crippen LogP contribution >= 0.6 is 35.3 Å². The van der Waals surface area contributed by atoms with Gasteiger partial charge in [-0.3, -0.25) is 4.99 Å². The molecular weight excluding hydrogens is 399 g/mol. The Bertz CT molecular complexity index is 398. The van der Waals surface area contributed by atoms with Crippen molar-refractivity contribution in [2.75, 3.05) is 33.4 Å². The number of halogens is 1. The number of aromatic nitrogens is 1. The van der Waals surface area contributed by atoms with Gasteiger partial charge in [0.15, 0.2) is 5.96 Å². The highest BCUT2D eigenvalue weighted by Crippen LogP contribution is 2.07. The zero-order chi connectivity index (χ0) is 14.6. The summed E-state index contributed by atoms with van der Waals surface area (Å²) in [6.45, 7) is 7.36. The Kier molecular flexibility index (Phi) is 13.0. The predicted octanol–water partition coefficient (Wildman–Crippen LogP) is 2.59. The molecule has 122 valence electrons. The average molecular weight is 426 g/mol. The molecule has 0 aliphatic rings. The van der Waals surface area contributed by atoms with Gasteiger partial charge in [0.2, 0.25) is 0 Å². The molecule has 0 aliphatic heterocycles. The standard InChI is InChI=1S/C14H26N4OS.HI/c1-4-5-9-19-10-8-17-14(15-3)16-7-6-13-11-20-12(2)18-13;/h11H,4-10H2,1-3H3,(H2,15,16,17);1H. The van der Waals surface area contributed by atoms with Gasteiger partial charge in [0.1, 0.15) is 0 Å². The molecule has 1 heterocycles. The summed E-state index contributed by atoms with van der Waals surface area (Å²) in [7, 11) is 1.78. The van der Waals surface area contributed by atoms with Gasteiger partial charge < -0.3 is 15.4 Å². The number of aryl methyl sites for hydroxylation is 1. The number of hydrogen-bond donors (Lipinski definition) is 2. The molecule has 0 fully saturated rings. The lowest BCUT2D eigenvalue weighted by Gasteiger charge is -2.11. The van der Waals surface area contributed by atoms with E-state index in [-0.39, 0.29) is 24.0 Å². The van der Waals surface area contributed by atoms with Crippen LogP contribution in [0, 0.1) is 6.92 Å². The Labute approximate surface area is 149 Å². The number of rotatable bonds is 9. The molecule has 0 radical (unpaired) electrons. The second-order valence-electron chi connectivity index (χ2n) is 4.50. The van der Waals surface area contributed by atoms with Crippen LogP contribution in [0.15, 0.2) is 10.4 Å². The van der Waals surface area contributed by atoms with Crippen LogP contribution < -0.4 is 10.6 Å². The summed E-state index contributed by atoms with van der Waals surface area (Å²) in [4.78, 5) is 8.62. The average Bonchev–Trinajstić information content (AvgIpc) is 2.86. The van der Waals surface area contributed by atoms with Crippen LogP contribution in [0.4, 0.5) is 0 Å². The highest BCUT2D eigenvalue weighted by atomic mass is 127. The van der Waals surface area contributed by atoms with E-state index in [0.717, 1.165) is 49.2 Å². The smallest absolute Gasteiger partial charge is 0.191 e. The molecule has 0 amide bonds. The van der Waals surface area contributed by atoms with E-state index in [1.54, 1.807) is 18.4 Å². The van der Waals surface area contributed by atoms with Crippen LogP contribution in [0.2, 0.25) is 0 Å². The van der Waals surface area contributed by atoms with Crippen LogP contribution in [-0.4, -0.2) is 44.3 Å². The highest BCUT2D eigenvalue weighted by Gasteiger charge is 2.00. The van der Waals surface area contributed by atoms with Gasteiger partial charge >= 0.3 is 0 Å². The fourth-order valence-corrected chi connectivity index (χ4v) is 2.29. The van der Waals surface area contributed by atoms with E-state index in [1.807, 2.05) is 6.92 Å². The summed E-state index contributed by atoms with van der Waals surface area (Å²) < 4.78 is 5.49. The zero-order valence-corrected chi connectivity index (χ0v) is 16.3. The molecule has 7 heteroatoms. The Morgan fingerprint density at radius 2 is 2.10 bits per heavy atom. The van der Waals surface area contributed by atoms with Gasteiger partial charge in [0.25, 0.3) is 0 Å². The SMILES string of the molecule is CCCCOCCNC(=NC)NCCc1csc(C)n1.I. The molecule has 1 aromatic heterocycles. The normalized spacial score (nSPS) is 11.1. The molecule has 2 N–H and O–H groups in total. The van der Waals surface area contributed by atoms with Crippen molar-refractivity contribution in [1.29, 1.82) is 0 Å². The lowest BCUT2D eigenvalue weighted by atomic mass is 10.3. The topological polar surface area (TPSA) is 58.5 Å². The van der Waals surface area contributed by atoms with E-state index in [0.29, 0.717) is 6.61 Å². The number of thiazole rings is 1. The molecule has 0 atom stereocenters. The van der Waals surface area contributed by atoms with Gasteiger partial charge in [-0.25, -0.2) is 4.98 Å². The fraction of sp³-hybridized carbons (Fsp3) is 0.714. The Balaban J connectivity index is 0.00000400. The molecule has 0 saturated heterocycles. The third kappa shape index (κ3) is 10.0. The number of aliphatic imine (C=N–C) groups is 1. The minimum atomic E-state index is 0. The Hall–Kier alpha value is -0.410. The molecule has 0 unspecified atom stereocenters. The number of hydrogen-bond acceptors (Lipinski definition) is 4. The monoisotopic (exact) mass is 426 g/mol. The number of nitrogens with zero attached hydrogens (tertiary/aromatic N) is 2. The largest absolute Gasteiger partial charge is 0.380 e. The first-order valence-electron chi connectivity index (χ1n) is 7.19. The first-order chi connectivity index (χ1) is 9.76. The Morgan fingerprint density at radius 3 is 2.71 bits per heavy atom. The van der Waals surface area contributed by atoms with Crippen LogP contribution in [-0.2, 0) is 11.2 Å². The van der Waals surface area contributed by atoms with Crippen molar-refractivity contribution < 1.29 is 4.74 Å². The van der Waals surface area contributed by atoms with Gasteiger partial charge in [-0.15, -0.1) is 35.3 Å². The first-order valence-corrected chi connectivity index (χ1v) is 8.07. The van der Waals surface area contributed by atoms with Crippen molar-refractivity contribution >= 4 is 41.3 Å². The minimum Gasteiger partial charge on any atom is -0.380 e. The summed E-state index contributed by atoms with van der Waals surface area (Å²) in [5.74, 6) is 0.816. The second-order valence-corrected chi connectivity index (χ2v) is 5.56. The zero-order valence-electron chi connectivity index (χ0n) is 13.1. The molecule has 0 bridgehead atoms. The van der Waals surface area contributed by atoms with E-state index in [4.69, 9.17) is 4.74 Å². The van der Waals surface area contributed by atoms with Crippen molar-refractivity contribution in [3.05, 3.63) is 16.1 Å². The van der Waals surface area contributed by atoms with Crippen LogP contribution in [0.5, 0.6) is 0 Å². The number of nitrogens with one attached hydrogen (secondary N) is 2. The highest BCUT2D eigenvalue weighted by molar-refractivity contribution is 14.0. The van der Waals surface area contributed by atoms with E-state index >= 15 is 0 Å². The summed E-state index contributed by atoms with van der Waals surface area (Å²) in [5.41, 5.74) is 1.14. The maximum Gasteiger partial charge on any atom is 0.191 e. The molecule has 5 nitrogen and oxygen atoms in total. The molecule has 1 aromatic rings. The van der Waals surface area contributed by atoms with Crippen LogP contribution in [0.3, 0.4) is 0 Å². The third-order valence-corrected chi connectivity index (χ3v) is 3.57. The molecule has 0 spiro atoms. The van der Waals surface area contributed by atoms with Crippen LogP contribution in [0.1, 0.15) is 30.5 Å². The quantitative estimate of drug-likeness (QED) is 0.276. The maximum atomic E-state index is 5.49. The summed E-state index contributed by atoms with van der Waals surface area (Å²) >= 11 is 1.69. The summed E-state index contributed by atoms with van der Waals surface area (Å²) in [6, 6.07) is 0. The fourth-order valence-electron chi connectivity index (χ4n) is 1.64.